The first kappa shape index (κ1) is 29.2. The second-order valence-electron chi connectivity index (χ2n) is 10.8. The van der Waals surface area contributed by atoms with E-state index in [0.717, 1.165) is 10.9 Å². The zero-order valence-electron chi connectivity index (χ0n) is 23.6. The highest BCUT2D eigenvalue weighted by atomic mass is 35.5. The molecule has 0 unspecified atom stereocenters. The number of nitriles is 1. The Balaban J connectivity index is 1.46. The van der Waals surface area contributed by atoms with Gasteiger partial charge in [-0.2, -0.15) is 10.4 Å². The Labute approximate surface area is 248 Å². The minimum atomic E-state index is -2.41. The molecule has 1 aliphatic heterocycles. The summed E-state index contributed by atoms with van der Waals surface area (Å²) in [5, 5.41) is 19.1. The quantitative estimate of drug-likeness (QED) is 0.225. The SMILES string of the molecule is COc1cc2[nH]nc(-c3cnc(N4CC(C)(N(C)P(C)(C)=O)C4)c(C#N)c3)c2cc1O[C@H](C)c1c(Cl)cncc1Cl. The number of hydrogen-bond donors (Lipinski definition) is 1. The Morgan fingerprint density at radius 1 is 1.17 bits per heavy atom. The summed E-state index contributed by atoms with van der Waals surface area (Å²) in [5.41, 5.74) is 2.80. The van der Waals surface area contributed by atoms with Crippen LogP contribution in [0, 0.1) is 11.3 Å². The normalized spacial score (nSPS) is 15.5. The summed E-state index contributed by atoms with van der Waals surface area (Å²) in [5.74, 6) is 1.56. The lowest BCUT2D eigenvalue weighted by Gasteiger charge is -2.54. The van der Waals surface area contributed by atoms with E-state index >= 15 is 0 Å². The van der Waals surface area contributed by atoms with E-state index in [4.69, 9.17) is 32.7 Å². The van der Waals surface area contributed by atoms with Crippen LogP contribution in [0.5, 0.6) is 11.5 Å². The lowest BCUT2D eigenvalue weighted by molar-refractivity contribution is 0.188. The molecule has 1 aromatic carbocycles. The number of aromatic nitrogens is 4. The molecular formula is C28H30Cl2N7O3P. The predicted octanol–water partition coefficient (Wildman–Crippen LogP) is 6.40. The molecule has 1 saturated heterocycles. The zero-order valence-corrected chi connectivity index (χ0v) is 26.0. The summed E-state index contributed by atoms with van der Waals surface area (Å²) in [6.07, 6.45) is 4.25. The number of pyridine rings is 2. The van der Waals surface area contributed by atoms with Crippen LogP contribution in [-0.2, 0) is 4.57 Å². The van der Waals surface area contributed by atoms with E-state index in [1.807, 2.05) is 29.6 Å². The highest BCUT2D eigenvalue weighted by molar-refractivity contribution is 7.59. The lowest BCUT2D eigenvalue weighted by atomic mass is 9.92. The molecule has 0 radical (unpaired) electrons. The third-order valence-corrected chi connectivity index (χ3v) is 10.1. The molecule has 10 nitrogen and oxygen atoms in total. The second-order valence-corrected chi connectivity index (χ2v) is 14.8. The van der Waals surface area contributed by atoms with Gasteiger partial charge in [-0.05, 0) is 33.0 Å². The fraction of sp³-hybridized carbons (Fsp3) is 0.357. The average molecular weight is 614 g/mol. The molecule has 0 amide bonds. The lowest BCUT2D eigenvalue weighted by Crippen LogP contribution is -2.67. The van der Waals surface area contributed by atoms with E-state index in [-0.39, 0.29) is 5.54 Å². The van der Waals surface area contributed by atoms with Crippen molar-refractivity contribution >= 4 is 47.2 Å². The van der Waals surface area contributed by atoms with Crippen molar-refractivity contribution in [2.75, 3.05) is 45.5 Å². The number of H-pyrrole nitrogens is 1. The number of rotatable bonds is 8. The molecule has 3 aromatic heterocycles. The Morgan fingerprint density at radius 2 is 1.85 bits per heavy atom. The van der Waals surface area contributed by atoms with Gasteiger partial charge in [0.15, 0.2) is 11.5 Å². The number of ether oxygens (including phenoxy) is 2. The highest BCUT2D eigenvalue weighted by Crippen LogP contribution is 2.48. The van der Waals surface area contributed by atoms with Crippen molar-refractivity contribution in [1.82, 2.24) is 24.8 Å². The van der Waals surface area contributed by atoms with E-state index in [2.05, 4.69) is 33.2 Å². The van der Waals surface area contributed by atoms with Gasteiger partial charge in [0.1, 0.15) is 31.0 Å². The van der Waals surface area contributed by atoms with Crippen LogP contribution in [-0.4, -0.2) is 71.0 Å². The molecule has 41 heavy (non-hydrogen) atoms. The molecule has 13 heteroatoms. The van der Waals surface area contributed by atoms with E-state index < -0.39 is 13.4 Å². The van der Waals surface area contributed by atoms with Crippen molar-refractivity contribution in [3.05, 3.63) is 58.0 Å². The molecule has 1 fully saturated rings. The molecule has 1 atom stereocenters. The van der Waals surface area contributed by atoms with Crippen molar-refractivity contribution < 1.29 is 14.0 Å². The number of aromatic amines is 1. The maximum Gasteiger partial charge on any atom is 0.162 e. The number of fused-ring (bicyclic) bond motifs is 1. The van der Waals surface area contributed by atoms with Gasteiger partial charge >= 0.3 is 0 Å². The second kappa shape index (κ2) is 10.8. The van der Waals surface area contributed by atoms with Gasteiger partial charge in [0, 0.05) is 67.6 Å². The number of methoxy groups -OCH3 is 1. The van der Waals surface area contributed by atoms with Crippen molar-refractivity contribution in [3.8, 4) is 28.8 Å². The first-order valence-corrected chi connectivity index (χ1v) is 16.1. The van der Waals surface area contributed by atoms with Crippen molar-refractivity contribution in [3.63, 3.8) is 0 Å². The maximum absolute atomic E-state index is 12.6. The van der Waals surface area contributed by atoms with Crippen molar-refractivity contribution in [2.24, 2.45) is 0 Å². The maximum atomic E-state index is 12.6. The summed E-state index contributed by atoms with van der Waals surface area (Å²) in [4.78, 5) is 10.7. The standard InChI is InChI=1S/C28H30Cl2N7O3P/c1-16(25-20(29)12-32-13-21(25)30)40-24-8-19-22(9-23(24)39-4)34-35-26(19)18-7-17(10-31)27(33-11-18)37-14-28(2,15-37)36(3)41(5,6)38/h7-9,11-13,16H,14-15H2,1-6H3,(H,34,35)/t16-/m1/s1. The van der Waals surface area contributed by atoms with Gasteiger partial charge in [-0.1, -0.05) is 23.2 Å². The summed E-state index contributed by atoms with van der Waals surface area (Å²) < 4.78 is 26.4. The van der Waals surface area contributed by atoms with Crippen LogP contribution >= 0.6 is 30.5 Å². The van der Waals surface area contributed by atoms with Gasteiger partial charge in [-0.15, -0.1) is 0 Å². The fourth-order valence-corrected chi connectivity index (χ4v) is 7.15. The monoisotopic (exact) mass is 613 g/mol. The summed E-state index contributed by atoms with van der Waals surface area (Å²) in [7, 11) is 1.03. The Hall–Kier alpha value is -3.35. The van der Waals surface area contributed by atoms with Crippen LogP contribution in [0.4, 0.5) is 5.82 Å². The number of halogens is 2. The smallest absolute Gasteiger partial charge is 0.162 e. The number of nitrogens with zero attached hydrogens (tertiary/aromatic N) is 6. The van der Waals surface area contributed by atoms with Gasteiger partial charge < -0.3 is 18.9 Å². The molecule has 5 rings (SSSR count). The van der Waals surface area contributed by atoms with Crippen LogP contribution in [0.2, 0.25) is 10.0 Å². The highest BCUT2D eigenvalue weighted by Gasteiger charge is 2.46. The van der Waals surface area contributed by atoms with Crippen LogP contribution in [0.3, 0.4) is 0 Å². The molecule has 0 bridgehead atoms. The van der Waals surface area contributed by atoms with E-state index in [1.165, 1.54) is 12.4 Å². The number of nitrogens with one attached hydrogen (secondary N) is 1. The molecule has 0 saturated carbocycles. The number of likely N-dealkylation sites (N-methyl/N-ethyl adjacent to an activating group) is 1. The van der Waals surface area contributed by atoms with Crippen LogP contribution in [0.25, 0.3) is 22.2 Å². The van der Waals surface area contributed by atoms with E-state index in [0.29, 0.717) is 62.8 Å². The molecular weight excluding hydrogens is 584 g/mol. The predicted molar refractivity (Wildman–Crippen MR) is 162 cm³/mol. The Morgan fingerprint density at radius 3 is 2.46 bits per heavy atom. The van der Waals surface area contributed by atoms with Crippen LogP contribution in [0.15, 0.2) is 36.8 Å². The van der Waals surface area contributed by atoms with Crippen LogP contribution < -0.4 is 14.4 Å². The summed E-state index contributed by atoms with van der Waals surface area (Å²) >= 11 is 12.7. The first-order chi connectivity index (χ1) is 19.4. The topological polar surface area (TPSA) is 120 Å². The molecule has 4 aromatic rings. The van der Waals surface area contributed by atoms with Gasteiger partial charge in [0.2, 0.25) is 0 Å². The summed E-state index contributed by atoms with van der Waals surface area (Å²) in [6.45, 7) is 8.67. The third-order valence-electron chi connectivity index (χ3n) is 7.57. The first-order valence-electron chi connectivity index (χ1n) is 12.8. The minimum absolute atomic E-state index is 0.262. The molecule has 0 spiro atoms. The van der Waals surface area contributed by atoms with Crippen LogP contribution in [0.1, 0.15) is 31.1 Å². The zero-order chi connectivity index (χ0) is 29.7. The van der Waals surface area contributed by atoms with E-state index in [9.17, 15) is 9.83 Å². The van der Waals surface area contributed by atoms with Gasteiger partial charge in [-0.3, -0.25) is 10.1 Å². The minimum Gasteiger partial charge on any atom is -0.493 e. The van der Waals surface area contributed by atoms with Gasteiger partial charge in [0.25, 0.3) is 0 Å². The molecule has 1 N–H and O–H groups in total. The van der Waals surface area contributed by atoms with Crippen molar-refractivity contribution in [1.29, 1.82) is 5.26 Å². The average Bonchev–Trinajstić information content (AvgIpc) is 3.32. The number of hydrogen-bond acceptors (Lipinski definition) is 8. The fourth-order valence-electron chi connectivity index (χ4n) is 5.19. The van der Waals surface area contributed by atoms with Crippen molar-refractivity contribution in [2.45, 2.75) is 25.5 Å². The van der Waals surface area contributed by atoms with Gasteiger partial charge in [0.05, 0.1) is 33.8 Å². The molecule has 4 heterocycles. The Kier molecular flexibility index (Phi) is 7.68. The third kappa shape index (κ3) is 5.35. The number of anilines is 1. The van der Waals surface area contributed by atoms with Gasteiger partial charge in [-0.25, -0.2) is 9.65 Å². The molecule has 214 valence electrons. The largest absolute Gasteiger partial charge is 0.493 e. The molecule has 0 aliphatic carbocycles. The van der Waals surface area contributed by atoms with E-state index in [1.54, 1.807) is 38.8 Å². The molecule has 1 aliphatic rings. The Bertz CT molecular complexity index is 1710. The summed E-state index contributed by atoms with van der Waals surface area (Å²) in [6, 6.07) is 7.69. The number of benzene rings is 1.